The molecule has 0 amide bonds. The lowest BCUT2D eigenvalue weighted by atomic mass is 9.92. The van der Waals surface area contributed by atoms with Crippen molar-refractivity contribution in [1.82, 2.24) is 15.1 Å². The molecule has 2 heterocycles. The fourth-order valence-corrected chi connectivity index (χ4v) is 3.90. The summed E-state index contributed by atoms with van der Waals surface area (Å²) in [5, 5.41) is 3.49. The normalized spacial score (nSPS) is 26.2. The predicted octanol–water partition coefficient (Wildman–Crippen LogP) is 3.42. The van der Waals surface area contributed by atoms with Crippen molar-refractivity contribution in [2.24, 2.45) is 16.8 Å². The highest BCUT2D eigenvalue weighted by Gasteiger charge is 2.23. The topological polar surface area (TPSA) is 30.9 Å². The van der Waals surface area contributed by atoms with Crippen LogP contribution in [0.15, 0.2) is 4.99 Å². The maximum absolute atomic E-state index is 4.88. The van der Waals surface area contributed by atoms with Gasteiger partial charge < -0.3 is 15.1 Å². The highest BCUT2D eigenvalue weighted by atomic mass is 127. The molecule has 1 N–H and O–H groups in total. The van der Waals surface area contributed by atoms with Gasteiger partial charge in [0.2, 0.25) is 0 Å². The van der Waals surface area contributed by atoms with E-state index in [-0.39, 0.29) is 24.0 Å². The molecule has 0 saturated carbocycles. The summed E-state index contributed by atoms with van der Waals surface area (Å²) >= 11 is 0. The van der Waals surface area contributed by atoms with Crippen LogP contribution in [0, 0.1) is 11.8 Å². The van der Waals surface area contributed by atoms with Crippen LogP contribution in [0.2, 0.25) is 0 Å². The summed E-state index contributed by atoms with van der Waals surface area (Å²) in [6.45, 7) is 15.0. The van der Waals surface area contributed by atoms with E-state index in [0.29, 0.717) is 0 Å². The van der Waals surface area contributed by atoms with Crippen LogP contribution in [0.4, 0.5) is 0 Å². The van der Waals surface area contributed by atoms with Gasteiger partial charge in [-0.05, 0) is 70.5 Å². The average Bonchev–Trinajstić information content (AvgIpc) is 2.98. The van der Waals surface area contributed by atoms with Crippen molar-refractivity contribution in [1.29, 1.82) is 0 Å². The molecule has 0 aliphatic carbocycles. The Kier molecular flexibility index (Phi) is 10.5. The van der Waals surface area contributed by atoms with Crippen molar-refractivity contribution in [3.05, 3.63) is 0 Å². The first kappa shape index (κ1) is 21.0. The molecule has 2 rings (SSSR count). The molecule has 2 fully saturated rings. The van der Waals surface area contributed by atoms with Crippen molar-refractivity contribution in [2.75, 3.05) is 45.8 Å². The molecule has 0 bridgehead atoms. The van der Waals surface area contributed by atoms with Gasteiger partial charge in [0, 0.05) is 26.2 Å². The first-order chi connectivity index (χ1) is 10.7. The van der Waals surface area contributed by atoms with E-state index in [1.165, 1.54) is 51.7 Å². The number of unbranched alkanes of at least 4 members (excludes halogenated alkanes) is 1. The Bertz CT molecular complexity index is 332. The number of rotatable bonds is 6. The molecule has 2 atom stereocenters. The van der Waals surface area contributed by atoms with Gasteiger partial charge >= 0.3 is 0 Å². The maximum atomic E-state index is 4.88. The third-order valence-electron chi connectivity index (χ3n) is 4.85. The highest BCUT2D eigenvalue weighted by Crippen LogP contribution is 2.20. The van der Waals surface area contributed by atoms with Gasteiger partial charge in [-0.15, -0.1) is 24.0 Å². The zero-order chi connectivity index (χ0) is 15.8. The number of nitrogens with zero attached hydrogens (tertiary/aromatic N) is 3. The van der Waals surface area contributed by atoms with E-state index >= 15 is 0 Å². The van der Waals surface area contributed by atoms with Gasteiger partial charge in [0.15, 0.2) is 5.96 Å². The second kappa shape index (κ2) is 11.5. The number of nitrogens with one attached hydrogen (secondary N) is 1. The number of halogens is 1. The molecular formula is C18H37IN4. The number of likely N-dealkylation sites (tertiary alicyclic amines) is 2. The minimum absolute atomic E-state index is 0. The first-order valence-electron chi connectivity index (χ1n) is 9.44. The van der Waals surface area contributed by atoms with Gasteiger partial charge in [0.05, 0.1) is 0 Å². The first-order valence-corrected chi connectivity index (χ1v) is 9.44. The molecule has 4 nitrogen and oxygen atoms in total. The molecule has 2 saturated heterocycles. The van der Waals surface area contributed by atoms with Gasteiger partial charge in [-0.25, -0.2) is 0 Å². The van der Waals surface area contributed by atoms with Crippen LogP contribution >= 0.6 is 24.0 Å². The van der Waals surface area contributed by atoms with Crippen LogP contribution in [0.3, 0.4) is 0 Å². The zero-order valence-corrected chi connectivity index (χ0v) is 17.7. The van der Waals surface area contributed by atoms with Crippen molar-refractivity contribution < 1.29 is 0 Å². The van der Waals surface area contributed by atoms with Crippen LogP contribution in [0.25, 0.3) is 0 Å². The summed E-state index contributed by atoms with van der Waals surface area (Å²) in [5.74, 6) is 2.70. The standard InChI is InChI=1S/C18H36N4.HI/c1-4-19-18(22-14-16(2)13-17(3)15-22)20-9-5-6-10-21-11-7-8-12-21;/h16-17H,4-15H2,1-3H3,(H,19,20);1H. The quantitative estimate of drug-likeness (QED) is 0.300. The van der Waals surface area contributed by atoms with E-state index in [1.54, 1.807) is 0 Å². The van der Waals surface area contributed by atoms with Gasteiger partial charge in [-0.1, -0.05) is 13.8 Å². The summed E-state index contributed by atoms with van der Waals surface area (Å²) < 4.78 is 0. The zero-order valence-electron chi connectivity index (χ0n) is 15.4. The molecule has 2 aliphatic rings. The lowest BCUT2D eigenvalue weighted by Crippen LogP contribution is -2.48. The molecule has 0 aromatic heterocycles. The summed E-state index contributed by atoms with van der Waals surface area (Å²) in [7, 11) is 0. The monoisotopic (exact) mass is 436 g/mol. The van der Waals surface area contributed by atoms with Crippen LogP contribution in [-0.4, -0.2) is 61.6 Å². The lowest BCUT2D eigenvalue weighted by Gasteiger charge is -2.37. The minimum atomic E-state index is 0. The third kappa shape index (κ3) is 7.59. The molecule has 2 aliphatic heterocycles. The van der Waals surface area contributed by atoms with Gasteiger partial charge in [-0.2, -0.15) is 0 Å². The largest absolute Gasteiger partial charge is 0.357 e. The van der Waals surface area contributed by atoms with Crippen molar-refractivity contribution in [2.45, 2.75) is 52.9 Å². The SMILES string of the molecule is CCNC(=NCCCCN1CCCC1)N1CC(C)CC(C)C1.I. The molecule has 23 heavy (non-hydrogen) atoms. The smallest absolute Gasteiger partial charge is 0.193 e. The Balaban J connectivity index is 0.00000264. The van der Waals surface area contributed by atoms with Gasteiger partial charge in [0.1, 0.15) is 0 Å². The van der Waals surface area contributed by atoms with Crippen molar-refractivity contribution in [3.8, 4) is 0 Å². The third-order valence-corrected chi connectivity index (χ3v) is 4.85. The number of aliphatic imine (C=N–C) groups is 1. The van der Waals surface area contributed by atoms with Crippen LogP contribution in [0.1, 0.15) is 52.9 Å². The van der Waals surface area contributed by atoms with E-state index in [1.807, 2.05) is 0 Å². The minimum Gasteiger partial charge on any atom is -0.357 e. The number of guanidine groups is 1. The summed E-state index contributed by atoms with van der Waals surface area (Å²) in [5.41, 5.74) is 0. The maximum Gasteiger partial charge on any atom is 0.193 e. The predicted molar refractivity (Wildman–Crippen MR) is 111 cm³/mol. The molecule has 136 valence electrons. The molecule has 0 spiro atoms. The van der Waals surface area contributed by atoms with Crippen LogP contribution in [0.5, 0.6) is 0 Å². The van der Waals surface area contributed by atoms with Gasteiger partial charge in [0.25, 0.3) is 0 Å². The van der Waals surface area contributed by atoms with Gasteiger partial charge in [-0.3, -0.25) is 4.99 Å². The summed E-state index contributed by atoms with van der Waals surface area (Å²) in [4.78, 5) is 9.96. The molecule has 2 unspecified atom stereocenters. The lowest BCUT2D eigenvalue weighted by molar-refractivity contribution is 0.208. The Labute approximate surface area is 160 Å². The van der Waals surface area contributed by atoms with Crippen LogP contribution in [-0.2, 0) is 0 Å². The summed E-state index contributed by atoms with van der Waals surface area (Å²) in [6.07, 6.45) is 6.65. The van der Waals surface area contributed by atoms with E-state index in [0.717, 1.165) is 44.0 Å². The second-order valence-electron chi connectivity index (χ2n) is 7.34. The fraction of sp³-hybridized carbons (Fsp3) is 0.944. The Morgan fingerprint density at radius 3 is 2.35 bits per heavy atom. The Hall–Kier alpha value is -0.0400. The summed E-state index contributed by atoms with van der Waals surface area (Å²) in [6, 6.07) is 0. The molecule has 0 radical (unpaired) electrons. The number of hydrogen-bond donors (Lipinski definition) is 1. The number of piperidine rings is 1. The van der Waals surface area contributed by atoms with Crippen LogP contribution < -0.4 is 5.32 Å². The molecular weight excluding hydrogens is 399 g/mol. The van der Waals surface area contributed by atoms with E-state index < -0.39 is 0 Å². The van der Waals surface area contributed by atoms with E-state index in [9.17, 15) is 0 Å². The molecule has 0 aromatic rings. The van der Waals surface area contributed by atoms with E-state index in [4.69, 9.17) is 4.99 Å². The van der Waals surface area contributed by atoms with Crippen molar-refractivity contribution in [3.63, 3.8) is 0 Å². The Morgan fingerprint density at radius 2 is 1.74 bits per heavy atom. The molecule has 5 heteroatoms. The molecule has 0 aromatic carbocycles. The van der Waals surface area contributed by atoms with Crippen molar-refractivity contribution >= 4 is 29.9 Å². The Morgan fingerprint density at radius 1 is 1.09 bits per heavy atom. The highest BCUT2D eigenvalue weighted by molar-refractivity contribution is 14.0. The van der Waals surface area contributed by atoms with E-state index in [2.05, 4.69) is 35.9 Å². The second-order valence-corrected chi connectivity index (χ2v) is 7.34. The fourth-order valence-electron chi connectivity index (χ4n) is 3.90. The number of hydrogen-bond acceptors (Lipinski definition) is 2. The average molecular weight is 436 g/mol.